The lowest BCUT2D eigenvalue weighted by Crippen LogP contribution is -2.61. The summed E-state index contributed by atoms with van der Waals surface area (Å²) in [6.07, 6.45) is 1.67. The highest BCUT2D eigenvalue weighted by Crippen LogP contribution is 2.58. The highest BCUT2D eigenvalue weighted by atomic mass is 19.3. The first-order chi connectivity index (χ1) is 18.0. The lowest BCUT2D eigenvalue weighted by molar-refractivity contribution is -0.152. The zero-order valence-corrected chi connectivity index (χ0v) is 21.9. The van der Waals surface area contributed by atoms with E-state index >= 15 is 0 Å². The van der Waals surface area contributed by atoms with Gasteiger partial charge in [0.25, 0.3) is 6.43 Å². The predicted octanol–water partition coefficient (Wildman–Crippen LogP) is 3.78. The molecule has 1 saturated carbocycles. The molecule has 1 spiro atoms. The summed E-state index contributed by atoms with van der Waals surface area (Å²) < 4.78 is 27.2. The summed E-state index contributed by atoms with van der Waals surface area (Å²) in [7, 11) is 0. The van der Waals surface area contributed by atoms with Crippen molar-refractivity contribution >= 4 is 23.4 Å². The van der Waals surface area contributed by atoms with Crippen LogP contribution in [0, 0.1) is 34.0 Å². The Labute approximate surface area is 220 Å². The fourth-order valence-electron chi connectivity index (χ4n) is 6.02. The monoisotopic (exact) mass is 520 g/mol. The van der Waals surface area contributed by atoms with E-state index in [4.69, 9.17) is 4.98 Å². The molecular weight excluding hydrogens is 490 g/mol. The molecule has 0 bridgehead atoms. The SMILES string of the molecule is C[C@@H]1CN(c2ncnc3c2C2(CC(C#N)C2)CN3c2cc(C#N)ccn2)[C@@H](C)CN1C(=O)C(C)(C)C(F)F. The molecule has 2 aliphatic heterocycles. The molecule has 0 N–H and O–H groups in total. The Bertz CT molecular complexity index is 1340. The van der Waals surface area contributed by atoms with Crippen molar-refractivity contribution in [3.63, 3.8) is 0 Å². The maximum Gasteiger partial charge on any atom is 0.252 e. The highest BCUT2D eigenvalue weighted by molar-refractivity contribution is 5.83. The maximum atomic E-state index is 13.6. The molecule has 5 rings (SSSR count). The largest absolute Gasteiger partial charge is 0.350 e. The second-order valence-corrected chi connectivity index (χ2v) is 11.3. The Morgan fingerprint density at radius 3 is 2.50 bits per heavy atom. The molecular formula is C27H30F2N8O. The van der Waals surface area contributed by atoms with Crippen LogP contribution < -0.4 is 9.80 Å². The third kappa shape index (κ3) is 3.92. The average molecular weight is 521 g/mol. The van der Waals surface area contributed by atoms with Gasteiger partial charge >= 0.3 is 0 Å². The number of hydrogen-bond acceptors (Lipinski definition) is 8. The van der Waals surface area contributed by atoms with Gasteiger partial charge in [-0.2, -0.15) is 10.5 Å². The van der Waals surface area contributed by atoms with E-state index < -0.39 is 17.7 Å². The molecule has 11 heteroatoms. The van der Waals surface area contributed by atoms with Gasteiger partial charge in [-0.1, -0.05) is 0 Å². The Morgan fingerprint density at radius 1 is 1.13 bits per heavy atom. The molecule has 0 unspecified atom stereocenters. The van der Waals surface area contributed by atoms with Crippen LogP contribution in [0.5, 0.6) is 0 Å². The number of nitrogens with zero attached hydrogens (tertiary/aromatic N) is 8. The van der Waals surface area contributed by atoms with Gasteiger partial charge < -0.3 is 14.7 Å². The van der Waals surface area contributed by atoms with Crippen LogP contribution in [0.25, 0.3) is 0 Å². The van der Waals surface area contributed by atoms with Crippen LogP contribution in [-0.2, 0) is 10.2 Å². The summed E-state index contributed by atoms with van der Waals surface area (Å²) in [5.74, 6) is 1.42. The van der Waals surface area contributed by atoms with Crippen LogP contribution in [-0.4, -0.2) is 63.9 Å². The quantitative estimate of drug-likeness (QED) is 0.599. The third-order valence-electron chi connectivity index (χ3n) is 8.28. The summed E-state index contributed by atoms with van der Waals surface area (Å²) in [6, 6.07) is 7.42. The van der Waals surface area contributed by atoms with Gasteiger partial charge in [-0.15, -0.1) is 0 Å². The van der Waals surface area contributed by atoms with Crippen molar-refractivity contribution in [3.05, 3.63) is 35.8 Å². The van der Waals surface area contributed by atoms with Gasteiger partial charge in [0.2, 0.25) is 5.91 Å². The number of piperazine rings is 1. The number of carbonyl (C=O) groups is 1. The van der Waals surface area contributed by atoms with E-state index in [2.05, 4.69) is 27.0 Å². The molecule has 2 fully saturated rings. The third-order valence-corrected chi connectivity index (χ3v) is 8.28. The number of aromatic nitrogens is 3. The lowest BCUT2D eigenvalue weighted by Gasteiger charge is -2.48. The van der Waals surface area contributed by atoms with E-state index in [0.717, 1.165) is 11.4 Å². The van der Waals surface area contributed by atoms with Crippen LogP contribution in [0.1, 0.15) is 51.7 Å². The Balaban J connectivity index is 1.52. The van der Waals surface area contributed by atoms with Crippen LogP contribution in [0.15, 0.2) is 24.7 Å². The van der Waals surface area contributed by atoms with Crippen molar-refractivity contribution in [2.24, 2.45) is 11.3 Å². The Hall–Kier alpha value is -3.86. The summed E-state index contributed by atoms with van der Waals surface area (Å²) in [6.45, 7) is 7.70. The van der Waals surface area contributed by atoms with Gasteiger partial charge in [0, 0.05) is 54.8 Å². The van der Waals surface area contributed by atoms with Crippen molar-refractivity contribution in [1.82, 2.24) is 19.9 Å². The van der Waals surface area contributed by atoms with Gasteiger partial charge in [0.05, 0.1) is 17.7 Å². The molecule has 0 radical (unpaired) electrons. The predicted molar refractivity (Wildman–Crippen MR) is 136 cm³/mol. The fourth-order valence-corrected chi connectivity index (χ4v) is 6.02. The molecule has 198 valence electrons. The smallest absolute Gasteiger partial charge is 0.252 e. The number of anilines is 3. The average Bonchev–Trinajstić information content (AvgIpc) is 3.24. The molecule has 1 saturated heterocycles. The summed E-state index contributed by atoms with van der Waals surface area (Å²) in [5, 5.41) is 19.0. The molecule has 1 aliphatic carbocycles. The maximum absolute atomic E-state index is 13.6. The highest BCUT2D eigenvalue weighted by Gasteiger charge is 2.56. The van der Waals surface area contributed by atoms with Gasteiger partial charge in [-0.25, -0.2) is 23.7 Å². The summed E-state index contributed by atoms with van der Waals surface area (Å²) >= 11 is 0. The van der Waals surface area contributed by atoms with E-state index in [9.17, 15) is 24.1 Å². The second-order valence-electron chi connectivity index (χ2n) is 11.3. The number of pyridine rings is 1. The minimum absolute atomic E-state index is 0.0725. The van der Waals surface area contributed by atoms with Gasteiger partial charge in [-0.3, -0.25) is 4.79 Å². The minimum Gasteiger partial charge on any atom is -0.350 e. The molecule has 2 aromatic heterocycles. The minimum atomic E-state index is -2.76. The number of rotatable bonds is 4. The zero-order chi connectivity index (χ0) is 27.4. The Morgan fingerprint density at radius 2 is 1.84 bits per heavy atom. The fraction of sp³-hybridized carbons (Fsp3) is 0.556. The first-order valence-corrected chi connectivity index (χ1v) is 12.8. The number of amides is 1. The van der Waals surface area contributed by atoms with Crippen molar-refractivity contribution in [2.45, 2.75) is 64.5 Å². The molecule has 3 aliphatic rings. The van der Waals surface area contributed by atoms with Crippen molar-refractivity contribution in [2.75, 3.05) is 29.4 Å². The van der Waals surface area contributed by atoms with Crippen molar-refractivity contribution in [3.8, 4) is 12.1 Å². The van der Waals surface area contributed by atoms with E-state index in [0.29, 0.717) is 43.1 Å². The van der Waals surface area contributed by atoms with Gasteiger partial charge in [0.1, 0.15) is 29.2 Å². The number of nitriles is 2. The number of hydrogen-bond donors (Lipinski definition) is 0. The normalized spacial score (nSPS) is 26.7. The van der Waals surface area contributed by atoms with Gasteiger partial charge in [0.15, 0.2) is 0 Å². The molecule has 1 amide bonds. The molecule has 38 heavy (non-hydrogen) atoms. The molecule has 4 heterocycles. The van der Waals surface area contributed by atoms with Gasteiger partial charge in [-0.05, 0) is 52.7 Å². The first-order valence-electron chi connectivity index (χ1n) is 12.8. The van der Waals surface area contributed by atoms with Crippen LogP contribution >= 0.6 is 0 Å². The van der Waals surface area contributed by atoms with Crippen LogP contribution in [0.4, 0.5) is 26.2 Å². The van der Waals surface area contributed by atoms with Crippen molar-refractivity contribution < 1.29 is 13.6 Å². The molecule has 2 aromatic rings. The number of fused-ring (bicyclic) bond motifs is 2. The second kappa shape index (κ2) is 9.16. The lowest BCUT2D eigenvalue weighted by atomic mass is 9.60. The van der Waals surface area contributed by atoms with E-state index in [1.807, 2.05) is 18.7 Å². The summed E-state index contributed by atoms with van der Waals surface area (Å²) in [5.41, 5.74) is -0.669. The number of carbonyl (C=O) groups excluding carboxylic acids is 1. The number of halogens is 2. The molecule has 2 atom stereocenters. The zero-order valence-electron chi connectivity index (χ0n) is 21.9. The standard InChI is InChI=1S/C27H30F2N8O/c1-16-13-36(25(38)26(3,4)24(28)29)17(2)12-35(16)22-21-23(34-15-33-22)37(14-27(21)8-19(9-27)11-31)20-7-18(10-30)5-6-32-20/h5-7,15-17,19,24H,8-9,12-14H2,1-4H3/t16-,17+,19?,27?/m0/s1. The van der Waals surface area contributed by atoms with E-state index in [1.165, 1.54) is 20.2 Å². The van der Waals surface area contributed by atoms with Crippen molar-refractivity contribution in [1.29, 1.82) is 10.5 Å². The number of alkyl halides is 2. The van der Waals surface area contributed by atoms with Crippen LogP contribution in [0.2, 0.25) is 0 Å². The van der Waals surface area contributed by atoms with Crippen LogP contribution in [0.3, 0.4) is 0 Å². The molecule has 0 aromatic carbocycles. The summed E-state index contributed by atoms with van der Waals surface area (Å²) in [4.78, 5) is 32.6. The Kier molecular flexibility index (Phi) is 6.21. The van der Waals surface area contributed by atoms with E-state index in [-0.39, 0.29) is 30.0 Å². The molecule has 9 nitrogen and oxygen atoms in total. The van der Waals surface area contributed by atoms with E-state index in [1.54, 1.807) is 23.2 Å². The topological polar surface area (TPSA) is 113 Å². The first kappa shape index (κ1) is 25.8.